The first kappa shape index (κ1) is 13.0. The molecule has 4 N–H and O–H groups in total. The summed E-state index contributed by atoms with van der Waals surface area (Å²) < 4.78 is 0. The van der Waals surface area contributed by atoms with Crippen molar-refractivity contribution in [2.45, 2.75) is 18.9 Å². The predicted octanol–water partition coefficient (Wildman–Crippen LogP) is 0.353. The summed E-state index contributed by atoms with van der Waals surface area (Å²) in [5, 5.41) is 6.62. The van der Waals surface area contributed by atoms with E-state index in [0.29, 0.717) is 12.6 Å². The second-order valence-electron chi connectivity index (χ2n) is 4.75. The summed E-state index contributed by atoms with van der Waals surface area (Å²) in [5.41, 5.74) is 5.45. The Balaban J connectivity index is 1.91. The minimum absolute atomic E-state index is 0.473. The minimum Gasteiger partial charge on any atom is -0.369 e. The summed E-state index contributed by atoms with van der Waals surface area (Å²) in [6, 6.07) is 2.41. The van der Waals surface area contributed by atoms with Crippen LogP contribution >= 0.6 is 0 Å². The molecule has 1 fully saturated rings. The van der Waals surface area contributed by atoms with E-state index < -0.39 is 0 Å². The molecular weight excluding hydrogens is 228 g/mol. The van der Waals surface area contributed by atoms with Gasteiger partial charge in [0.15, 0.2) is 0 Å². The SMILES string of the molecule is CN1CCCC(Nc2cc(NCCN)ncn2)C1. The summed E-state index contributed by atoms with van der Waals surface area (Å²) in [5.74, 6) is 1.70. The number of aromatic nitrogens is 2. The molecule has 2 heterocycles. The van der Waals surface area contributed by atoms with Crippen molar-refractivity contribution < 1.29 is 0 Å². The second kappa shape index (κ2) is 6.51. The van der Waals surface area contributed by atoms with Crippen molar-refractivity contribution in [3.63, 3.8) is 0 Å². The van der Waals surface area contributed by atoms with Crippen LogP contribution in [0.4, 0.5) is 11.6 Å². The highest BCUT2D eigenvalue weighted by atomic mass is 15.2. The third kappa shape index (κ3) is 3.82. The van der Waals surface area contributed by atoms with Crippen LogP contribution in [0, 0.1) is 0 Å². The van der Waals surface area contributed by atoms with Crippen LogP contribution in [0.15, 0.2) is 12.4 Å². The number of likely N-dealkylation sites (tertiary alicyclic amines) is 1. The fourth-order valence-electron chi connectivity index (χ4n) is 2.23. The second-order valence-corrected chi connectivity index (χ2v) is 4.75. The molecule has 1 saturated heterocycles. The Morgan fingerprint density at radius 1 is 1.44 bits per heavy atom. The van der Waals surface area contributed by atoms with Gasteiger partial charge in [0.1, 0.15) is 18.0 Å². The Kier molecular flexibility index (Phi) is 4.72. The summed E-state index contributed by atoms with van der Waals surface area (Å²) in [6.07, 6.45) is 4.01. The zero-order valence-corrected chi connectivity index (χ0v) is 10.9. The van der Waals surface area contributed by atoms with Gasteiger partial charge in [-0.05, 0) is 26.4 Å². The van der Waals surface area contributed by atoms with E-state index in [1.807, 2.05) is 6.07 Å². The number of hydrogen-bond acceptors (Lipinski definition) is 6. The minimum atomic E-state index is 0.473. The van der Waals surface area contributed by atoms with Gasteiger partial charge >= 0.3 is 0 Å². The third-order valence-electron chi connectivity index (χ3n) is 3.09. The van der Waals surface area contributed by atoms with Crippen molar-refractivity contribution in [3.05, 3.63) is 12.4 Å². The molecule has 0 aliphatic carbocycles. The smallest absolute Gasteiger partial charge is 0.131 e. The molecule has 1 aromatic rings. The van der Waals surface area contributed by atoms with Gasteiger partial charge in [0.05, 0.1) is 0 Å². The van der Waals surface area contributed by atoms with Crippen LogP contribution in [0.5, 0.6) is 0 Å². The Bertz CT molecular complexity index is 369. The number of anilines is 2. The first-order valence-electron chi connectivity index (χ1n) is 6.49. The zero-order chi connectivity index (χ0) is 12.8. The van der Waals surface area contributed by atoms with Gasteiger partial charge in [0.25, 0.3) is 0 Å². The van der Waals surface area contributed by atoms with Gasteiger partial charge in [-0.1, -0.05) is 0 Å². The van der Waals surface area contributed by atoms with Crippen LogP contribution in [0.25, 0.3) is 0 Å². The van der Waals surface area contributed by atoms with Gasteiger partial charge in [-0.15, -0.1) is 0 Å². The monoisotopic (exact) mass is 250 g/mol. The lowest BCUT2D eigenvalue weighted by atomic mass is 10.1. The van der Waals surface area contributed by atoms with Gasteiger partial charge in [0, 0.05) is 31.7 Å². The van der Waals surface area contributed by atoms with Gasteiger partial charge in [-0.25, -0.2) is 9.97 Å². The number of nitrogens with one attached hydrogen (secondary N) is 2. The molecule has 0 amide bonds. The summed E-state index contributed by atoms with van der Waals surface area (Å²) in [6.45, 7) is 3.57. The lowest BCUT2D eigenvalue weighted by Gasteiger charge is -2.30. The number of piperidine rings is 1. The van der Waals surface area contributed by atoms with Crippen molar-refractivity contribution >= 4 is 11.6 Å². The normalized spacial score (nSPS) is 20.7. The van der Waals surface area contributed by atoms with Crippen molar-refractivity contribution in [2.24, 2.45) is 5.73 Å². The van der Waals surface area contributed by atoms with Crippen LogP contribution in [0.2, 0.25) is 0 Å². The van der Waals surface area contributed by atoms with E-state index >= 15 is 0 Å². The van der Waals surface area contributed by atoms with Crippen LogP contribution in [0.1, 0.15) is 12.8 Å². The van der Waals surface area contributed by atoms with Gasteiger partial charge in [-0.2, -0.15) is 0 Å². The summed E-state index contributed by atoms with van der Waals surface area (Å²) in [4.78, 5) is 10.8. The van der Waals surface area contributed by atoms with Crippen LogP contribution in [-0.2, 0) is 0 Å². The number of nitrogens with zero attached hydrogens (tertiary/aromatic N) is 3. The van der Waals surface area contributed by atoms with Gasteiger partial charge < -0.3 is 21.3 Å². The van der Waals surface area contributed by atoms with E-state index in [-0.39, 0.29) is 0 Å². The van der Waals surface area contributed by atoms with E-state index in [0.717, 1.165) is 24.7 Å². The highest BCUT2D eigenvalue weighted by molar-refractivity contribution is 5.47. The maximum Gasteiger partial charge on any atom is 0.131 e. The molecule has 1 aliphatic rings. The third-order valence-corrected chi connectivity index (χ3v) is 3.09. The number of nitrogens with two attached hydrogens (primary N) is 1. The summed E-state index contributed by atoms with van der Waals surface area (Å²) >= 11 is 0. The largest absolute Gasteiger partial charge is 0.369 e. The summed E-state index contributed by atoms with van der Waals surface area (Å²) in [7, 11) is 2.15. The Hall–Kier alpha value is -1.40. The fraction of sp³-hybridized carbons (Fsp3) is 0.667. The van der Waals surface area contributed by atoms with Crippen LogP contribution in [0.3, 0.4) is 0 Å². The van der Waals surface area contributed by atoms with E-state index in [1.165, 1.54) is 19.4 Å². The van der Waals surface area contributed by atoms with Gasteiger partial charge in [-0.3, -0.25) is 0 Å². The first-order chi connectivity index (χ1) is 8.78. The molecule has 0 bridgehead atoms. The molecule has 0 aromatic carbocycles. The molecule has 1 aromatic heterocycles. The fourth-order valence-corrected chi connectivity index (χ4v) is 2.23. The molecular formula is C12H22N6. The van der Waals surface area contributed by atoms with E-state index in [2.05, 4.69) is 32.5 Å². The maximum atomic E-state index is 5.45. The van der Waals surface area contributed by atoms with Crippen molar-refractivity contribution in [1.82, 2.24) is 14.9 Å². The molecule has 100 valence electrons. The standard InChI is InChI=1S/C12H22N6/c1-18-6-2-3-10(8-18)17-12-7-11(14-5-4-13)15-9-16-12/h7,9-10H,2-6,8,13H2,1H3,(H2,14,15,16,17). The Morgan fingerprint density at radius 3 is 3.06 bits per heavy atom. The number of hydrogen-bond donors (Lipinski definition) is 3. The van der Waals surface area contributed by atoms with Crippen molar-refractivity contribution in [3.8, 4) is 0 Å². The molecule has 6 heteroatoms. The average Bonchev–Trinajstić information content (AvgIpc) is 2.37. The molecule has 18 heavy (non-hydrogen) atoms. The molecule has 6 nitrogen and oxygen atoms in total. The van der Waals surface area contributed by atoms with Crippen molar-refractivity contribution in [1.29, 1.82) is 0 Å². The highest BCUT2D eigenvalue weighted by Gasteiger charge is 2.17. The molecule has 1 atom stereocenters. The van der Waals surface area contributed by atoms with Gasteiger partial charge in [0.2, 0.25) is 0 Å². The number of likely N-dealkylation sites (N-methyl/N-ethyl adjacent to an activating group) is 1. The molecule has 1 unspecified atom stereocenters. The lowest BCUT2D eigenvalue weighted by Crippen LogP contribution is -2.39. The predicted molar refractivity (Wildman–Crippen MR) is 73.7 cm³/mol. The highest BCUT2D eigenvalue weighted by Crippen LogP contribution is 2.15. The van der Waals surface area contributed by atoms with E-state index in [9.17, 15) is 0 Å². The molecule has 2 rings (SSSR count). The molecule has 0 spiro atoms. The molecule has 1 aliphatic heterocycles. The Labute approximate surface area is 108 Å². The number of rotatable bonds is 5. The maximum absolute atomic E-state index is 5.45. The van der Waals surface area contributed by atoms with Crippen molar-refractivity contribution in [2.75, 3.05) is 43.9 Å². The van der Waals surface area contributed by atoms with E-state index in [4.69, 9.17) is 5.73 Å². The van der Waals surface area contributed by atoms with Crippen LogP contribution in [-0.4, -0.2) is 54.1 Å². The first-order valence-corrected chi connectivity index (χ1v) is 6.49. The molecule has 0 saturated carbocycles. The topological polar surface area (TPSA) is 79.1 Å². The van der Waals surface area contributed by atoms with E-state index in [1.54, 1.807) is 6.33 Å². The Morgan fingerprint density at radius 2 is 2.28 bits per heavy atom. The zero-order valence-electron chi connectivity index (χ0n) is 10.9. The lowest BCUT2D eigenvalue weighted by molar-refractivity contribution is 0.261. The quantitative estimate of drug-likeness (QED) is 0.700. The van der Waals surface area contributed by atoms with Crippen LogP contribution < -0.4 is 16.4 Å². The average molecular weight is 250 g/mol. The molecule has 0 radical (unpaired) electrons.